The van der Waals surface area contributed by atoms with Crippen molar-refractivity contribution >= 4 is 43.6 Å². The van der Waals surface area contributed by atoms with Gasteiger partial charge in [0, 0.05) is 10.5 Å². The molecule has 21 heavy (non-hydrogen) atoms. The van der Waals surface area contributed by atoms with Gasteiger partial charge in [-0.3, -0.25) is 0 Å². The van der Waals surface area contributed by atoms with Gasteiger partial charge in [0.1, 0.15) is 11.5 Å². The molecular formula is C16H16Br2O2S. The number of hydrogen-bond acceptors (Lipinski definition) is 3. The Labute approximate surface area is 146 Å². The van der Waals surface area contributed by atoms with Gasteiger partial charge in [-0.25, -0.2) is 0 Å². The fraction of sp³-hybridized carbons (Fsp3) is 0.250. The largest absolute Gasteiger partial charge is 0.496 e. The van der Waals surface area contributed by atoms with E-state index in [-0.39, 0.29) is 4.83 Å². The zero-order valence-electron chi connectivity index (χ0n) is 12.0. The van der Waals surface area contributed by atoms with Crippen molar-refractivity contribution in [2.75, 3.05) is 20.5 Å². The first kappa shape index (κ1) is 16.7. The topological polar surface area (TPSA) is 18.5 Å². The second-order valence-electron chi connectivity index (χ2n) is 4.36. The van der Waals surface area contributed by atoms with Gasteiger partial charge in [0.2, 0.25) is 0 Å². The molecule has 5 heteroatoms. The van der Waals surface area contributed by atoms with Gasteiger partial charge in [0.15, 0.2) is 0 Å². The van der Waals surface area contributed by atoms with Crippen molar-refractivity contribution < 1.29 is 9.47 Å². The zero-order chi connectivity index (χ0) is 15.4. The van der Waals surface area contributed by atoms with E-state index < -0.39 is 0 Å². The first-order valence-electron chi connectivity index (χ1n) is 6.30. The van der Waals surface area contributed by atoms with Crippen LogP contribution in [0.1, 0.15) is 16.0 Å². The highest BCUT2D eigenvalue weighted by Crippen LogP contribution is 2.41. The zero-order valence-corrected chi connectivity index (χ0v) is 16.0. The van der Waals surface area contributed by atoms with Crippen LogP contribution in [0.2, 0.25) is 0 Å². The van der Waals surface area contributed by atoms with E-state index in [4.69, 9.17) is 9.47 Å². The van der Waals surface area contributed by atoms with Crippen molar-refractivity contribution in [2.24, 2.45) is 0 Å². The predicted molar refractivity (Wildman–Crippen MR) is 96.2 cm³/mol. The Morgan fingerprint density at radius 2 is 1.62 bits per heavy atom. The van der Waals surface area contributed by atoms with Crippen molar-refractivity contribution in [1.82, 2.24) is 0 Å². The summed E-state index contributed by atoms with van der Waals surface area (Å²) in [6, 6.07) is 12.4. The summed E-state index contributed by atoms with van der Waals surface area (Å²) in [6.45, 7) is 0. The maximum absolute atomic E-state index is 5.49. The second kappa shape index (κ2) is 7.56. The third-order valence-electron chi connectivity index (χ3n) is 3.19. The molecule has 2 aromatic rings. The molecule has 0 saturated heterocycles. The number of methoxy groups -OCH3 is 2. The molecule has 0 aliphatic carbocycles. The van der Waals surface area contributed by atoms with Crippen LogP contribution in [0.15, 0.2) is 45.8 Å². The summed E-state index contributed by atoms with van der Waals surface area (Å²) in [7, 11) is 3.33. The molecule has 1 atom stereocenters. The molecule has 0 fully saturated rings. The predicted octanol–water partition coefficient (Wildman–Crippen LogP) is 5.67. The summed E-state index contributed by atoms with van der Waals surface area (Å²) in [5.74, 6) is 1.61. The quantitative estimate of drug-likeness (QED) is 0.448. The first-order chi connectivity index (χ1) is 10.1. The standard InChI is InChI=1S/C16H16Br2O2S/c1-19-14-9-13(17)15(20-2)8-12(14)16(18)10-4-6-11(21-3)7-5-10/h4-9,16H,1-3H3. The summed E-state index contributed by atoms with van der Waals surface area (Å²) in [4.78, 5) is 1.30. The van der Waals surface area contributed by atoms with Gasteiger partial charge in [0.25, 0.3) is 0 Å². The molecule has 2 aromatic carbocycles. The number of hydrogen-bond donors (Lipinski definition) is 0. The van der Waals surface area contributed by atoms with Crippen LogP contribution in [0.5, 0.6) is 11.5 Å². The van der Waals surface area contributed by atoms with Crippen molar-refractivity contribution in [2.45, 2.75) is 9.72 Å². The monoisotopic (exact) mass is 430 g/mol. The fourth-order valence-corrected chi connectivity index (χ4v) is 3.59. The number of benzene rings is 2. The number of thioether (sulfide) groups is 1. The van der Waals surface area contributed by atoms with Crippen LogP contribution in [0.4, 0.5) is 0 Å². The SMILES string of the molecule is COc1cc(C(Br)c2ccc(SC)cc2)c(OC)cc1Br. The van der Waals surface area contributed by atoms with E-state index in [1.807, 2.05) is 12.1 Å². The summed E-state index contributed by atoms with van der Waals surface area (Å²) in [5.41, 5.74) is 2.21. The maximum Gasteiger partial charge on any atom is 0.133 e. The Balaban J connectivity index is 2.43. The lowest BCUT2D eigenvalue weighted by molar-refractivity contribution is 0.397. The molecule has 2 rings (SSSR count). The molecule has 1 unspecified atom stereocenters. The molecule has 0 spiro atoms. The van der Waals surface area contributed by atoms with E-state index >= 15 is 0 Å². The number of alkyl halides is 1. The second-order valence-corrected chi connectivity index (χ2v) is 7.01. The van der Waals surface area contributed by atoms with Crippen LogP contribution < -0.4 is 9.47 Å². The van der Waals surface area contributed by atoms with Crippen molar-refractivity contribution in [3.05, 3.63) is 52.0 Å². The molecule has 0 aliphatic heterocycles. The summed E-state index contributed by atoms with van der Waals surface area (Å²) in [5, 5.41) is 0. The van der Waals surface area contributed by atoms with Gasteiger partial charge in [-0.15, -0.1) is 11.8 Å². The summed E-state index contributed by atoms with van der Waals surface area (Å²) >= 11 is 8.98. The van der Waals surface area contributed by atoms with E-state index in [0.29, 0.717) is 0 Å². The Morgan fingerprint density at radius 1 is 1.00 bits per heavy atom. The number of ether oxygens (including phenoxy) is 2. The molecular weight excluding hydrogens is 416 g/mol. The lowest BCUT2D eigenvalue weighted by Crippen LogP contribution is -1.99. The van der Waals surface area contributed by atoms with Gasteiger partial charge in [0.05, 0.1) is 23.5 Å². The van der Waals surface area contributed by atoms with E-state index in [1.165, 1.54) is 10.5 Å². The highest BCUT2D eigenvalue weighted by molar-refractivity contribution is 9.10. The molecule has 0 amide bonds. The van der Waals surface area contributed by atoms with Gasteiger partial charge in [-0.05, 0) is 52.0 Å². The van der Waals surface area contributed by atoms with E-state index in [0.717, 1.165) is 21.5 Å². The van der Waals surface area contributed by atoms with Crippen molar-refractivity contribution in [3.8, 4) is 11.5 Å². The van der Waals surface area contributed by atoms with Crippen LogP contribution in [-0.4, -0.2) is 20.5 Å². The van der Waals surface area contributed by atoms with E-state index in [1.54, 1.807) is 26.0 Å². The fourth-order valence-electron chi connectivity index (χ4n) is 2.03. The molecule has 0 N–H and O–H groups in total. The highest BCUT2D eigenvalue weighted by Gasteiger charge is 2.18. The lowest BCUT2D eigenvalue weighted by atomic mass is 10.0. The summed E-state index contributed by atoms with van der Waals surface area (Å²) < 4.78 is 11.8. The van der Waals surface area contributed by atoms with Crippen LogP contribution in [-0.2, 0) is 0 Å². The minimum absolute atomic E-state index is 0.0466. The number of halogens is 2. The van der Waals surface area contributed by atoms with Gasteiger partial charge in [-0.1, -0.05) is 28.1 Å². The van der Waals surface area contributed by atoms with Crippen LogP contribution in [0.3, 0.4) is 0 Å². The van der Waals surface area contributed by atoms with Crippen LogP contribution >= 0.6 is 43.6 Å². The molecule has 0 heterocycles. The molecule has 0 radical (unpaired) electrons. The Bertz CT molecular complexity index is 614. The maximum atomic E-state index is 5.49. The Hall–Kier alpha value is -0.650. The van der Waals surface area contributed by atoms with Crippen LogP contribution in [0.25, 0.3) is 0 Å². The normalized spacial score (nSPS) is 12.0. The minimum Gasteiger partial charge on any atom is -0.496 e. The third-order valence-corrected chi connectivity index (χ3v) is 5.57. The minimum atomic E-state index is 0.0466. The third kappa shape index (κ3) is 3.76. The average molecular weight is 432 g/mol. The lowest BCUT2D eigenvalue weighted by Gasteiger charge is -2.17. The average Bonchev–Trinajstić information content (AvgIpc) is 2.54. The van der Waals surface area contributed by atoms with Gasteiger partial charge >= 0.3 is 0 Å². The molecule has 112 valence electrons. The van der Waals surface area contributed by atoms with Crippen LogP contribution in [0, 0.1) is 0 Å². The van der Waals surface area contributed by atoms with Crippen molar-refractivity contribution in [1.29, 1.82) is 0 Å². The molecule has 2 nitrogen and oxygen atoms in total. The van der Waals surface area contributed by atoms with E-state index in [2.05, 4.69) is 62.4 Å². The van der Waals surface area contributed by atoms with Gasteiger partial charge < -0.3 is 9.47 Å². The van der Waals surface area contributed by atoms with E-state index in [9.17, 15) is 0 Å². The summed E-state index contributed by atoms with van der Waals surface area (Å²) in [6.07, 6.45) is 2.07. The Kier molecular flexibility index (Phi) is 6.02. The van der Waals surface area contributed by atoms with Crippen molar-refractivity contribution in [3.63, 3.8) is 0 Å². The molecule has 0 bridgehead atoms. The molecule has 0 aromatic heterocycles. The smallest absolute Gasteiger partial charge is 0.133 e. The molecule has 0 saturated carbocycles. The van der Waals surface area contributed by atoms with Gasteiger partial charge in [-0.2, -0.15) is 0 Å². The molecule has 0 aliphatic rings. The first-order valence-corrected chi connectivity index (χ1v) is 9.23. The Morgan fingerprint density at radius 3 is 2.14 bits per heavy atom. The highest BCUT2D eigenvalue weighted by atomic mass is 79.9. The number of rotatable bonds is 5.